The van der Waals surface area contributed by atoms with Crippen molar-refractivity contribution in [2.45, 2.75) is 142 Å². The highest BCUT2D eigenvalue weighted by atomic mass is 15.1. The van der Waals surface area contributed by atoms with Gasteiger partial charge in [-0.2, -0.15) is 0 Å². The lowest BCUT2D eigenvalue weighted by molar-refractivity contribution is 0.294. The van der Waals surface area contributed by atoms with Crippen LogP contribution in [0.25, 0.3) is 0 Å². The highest BCUT2D eigenvalue weighted by Gasteiger charge is 2.49. The van der Waals surface area contributed by atoms with Crippen LogP contribution in [0.2, 0.25) is 0 Å². The zero-order valence-electron chi connectivity index (χ0n) is 23.5. The number of nitrogens with one attached hydrogen (secondary N) is 4. The van der Waals surface area contributed by atoms with E-state index in [2.05, 4.69) is 76.7 Å². The van der Waals surface area contributed by atoms with Crippen LogP contribution in [0, 0.1) is 47.3 Å². The molecule has 4 nitrogen and oxygen atoms in total. The monoisotopic (exact) mass is 472 g/mol. The summed E-state index contributed by atoms with van der Waals surface area (Å²) in [6.45, 7) is 20.1. The van der Waals surface area contributed by atoms with Crippen molar-refractivity contribution in [3.8, 4) is 0 Å². The van der Waals surface area contributed by atoms with E-state index in [1.807, 2.05) is 0 Å². The van der Waals surface area contributed by atoms with Gasteiger partial charge in [-0.15, -0.1) is 0 Å². The Kier molecular flexibility index (Phi) is 7.46. The third-order valence-corrected chi connectivity index (χ3v) is 12.5. The second-order valence-corrected chi connectivity index (χ2v) is 13.8. The molecule has 0 aromatic carbocycles. The van der Waals surface area contributed by atoms with E-state index in [4.69, 9.17) is 0 Å². The van der Waals surface area contributed by atoms with Crippen LogP contribution in [0.4, 0.5) is 0 Å². The summed E-state index contributed by atoms with van der Waals surface area (Å²) in [7, 11) is 0. The van der Waals surface area contributed by atoms with Crippen molar-refractivity contribution in [2.24, 2.45) is 47.3 Å². The zero-order chi connectivity index (χ0) is 24.3. The largest absolute Gasteiger partial charge is 0.311 e. The fourth-order valence-corrected chi connectivity index (χ4v) is 9.64. The Bertz CT molecular complexity index is 639. The summed E-state index contributed by atoms with van der Waals surface area (Å²) in [4.78, 5) is 0. The van der Waals surface area contributed by atoms with Crippen LogP contribution in [0.3, 0.4) is 0 Å². The molecule has 5 fully saturated rings. The van der Waals surface area contributed by atoms with E-state index < -0.39 is 0 Å². The fraction of sp³-hybridized carbons (Fsp3) is 1.00. The quantitative estimate of drug-likeness (QED) is 0.467. The molecule has 5 aliphatic rings. The number of fused-ring (bicyclic) bond motifs is 8. The Hall–Kier alpha value is -0.160. The van der Waals surface area contributed by atoms with E-state index in [9.17, 15) is 0 Å². The average molecular weight is 473 g/mol. The lowest BCUT2D eigenvalue weighted by Crippen LogP contribution is -2.45. The second kappa shape index (κ2) is 9.95. The minimum absolute atomic E-state index is 0.659. The van der Waals surface area contributed by atoms with Crippen LogP contribution in [0.1, 0.15) is 93.9 Å². The Labute approximate surface area is 210 Å². The van der Waals surface area contributed by atoms with Gasteiger partial charge in [0.25, 0.3) is 0 Å². The van der Waals surface area contributed by atoms with Gasteiger partial charge in [0, 0.05) is 48.3 Å². The molecule has 0 saturated carbocycles. The number of hydrogen-bond acceptors (Lipinski definition) is 4. The van der Waals surface area contributed by atoms with Crippen molar-refractivity contribution < 1.29 is 0 Å². The molecular weight excluding hydrogens is 416 g/mol. The molecule has 5 saturated heterocycles. The highest BCUT2D eigenvalue weighted by molar-refractivity contribution is 5.07. The summed E-state index contributed by atoms with van der Waals surface area (Å²) in [6.07, 6.45) is 7.84. The van der Waals surface area contributed by atoms with E-state index >= 15 is 0 Å². The molecule has 0 aliphatic carbocycles. The van der Waals surface area contributed by atoms with E-state index in [-0.39, 0.29) is 0 Å². The normalized spacial score (nSPS) is 57.9. The van der Waals surface area contributed by atoms with Crippen molar-refractivity contribution in [3.63, 3.8) is 0 Å². The third-order valence-electron chi connectivity index (χ3n) is 12.5. The predicted octanol–water partition coefficient (Wildman–Crippen LogP) is 4.79. The molecule has 0 aromatic heterocycles. The molecule has 4 heteroatoms. The van der Waals surface area contributed by atoms with Gasteiger partial charge in [-0.05, 0) is 73.0 Å². The predicted molar refractivity (Wildman–Crippen MR) is 144 cm³/mol. The van der Waals surface area contributed by atoms with E-state index in [0.29, 0.717) is 48.3 Å². The van der Waals surface area contributed by atoms with Crippen molar-refractivity contribution in [2.75, 3.05) is 0 Å². The molecule has 5 aliphatic heterocycles. The molecular formula is C30H56N4. The van der Waals surface area contributed by atoms with Crippen molar-refractivity contribution in [1.29, 1.82) is 0 Å². The smallest absolute Gasteiger partial charge is 0.0116 e. The molecule has 0 aromatic rings. The third kappa shape index (κ3) is 4.31. The second-order valence-electron chi connectivity index (χ2n) is 13.8. The topological polar surface area (TPSA) is 48.1 Å². The summed E-state index contributed by atoms with van der Waals surface area (Å²) in [5, 5.41) is 16.8. The highest BCUT2D eigenvalue weighted by Crippen LogP contribution is 2.43. The van der Waals surface area contributed by atoms with Gasteiger partial charge >= 0.3 is 0 Å². The molecule has 16 atom stereocenters. The van der Waals surface area contributed by atoms with Gasteiger partial charge in [0.05, 0.1) is 0 Å². The van der Waals surface area contributed by atoms with Gasteiger partial charge in [0.15, 0.2) is 0 Å². The van der Waals surface area contributed by atoms with Crippen LogP contribution in [0.5, 0.6) is 0 Å². The molecule has 0 radical (unpaired) electrons. The minimum atomic E-state index is 0.659. The van der Waals surface area contributed by atoms with Crippen molar-refractivity contribution in [1.82, 2.24) is 21.3 Å². The first-order valence-electron chi connectivity index (χ1n) is 15.3. The van der Waals surface area contributed by atoms with Crippen molar-refractivity contribution >= 4 is 0 Å². The molecule has 8 bridgehead atoms. The molecule has 0 amide bonds. The van der Waals surface area contributed by atoms with Crippen LogP contribution in [-0.4, -0.2) is 48.3 Å². The molecule has 34 heavy (non-hydrogen) atoms. The summed E-state index contributed by atoms with van der Waals surface area (Å²) in [6, 6.07) is 5.31. The number of hydrogen-bond donors (Lipinski definition) is 4. The minimum Gasteiger partial charge on any atom is -0.311 e. The van der Waals surface area contributed by atoms with Crippen LogP contribution in [0.15, 0.2) is 0 Å². The van der Waals surface area contributed by atoms with E-state index in [0.717, 1.165) is 47.3 Å². The number of rotatable bonds is 2. The van der Waals surface area contributed by atoms with Crippen molar-refractivity contribution in [3.05, 3.63) is 0 Å². The Morgan fingerprint density at radius 3 is 0.912 bits per heavy atom. The zero-order valence-corrected chi connectivity index (χ0v) is 23.5. The first-order chi connectivity index (χ1) is 16.2. The average Bonchev–Trinajstić information content (AvgIpc) is 3.45. The van der Waals surface area contributed by atoms with Gasteiger partial charge in [0.1, 0.15) is 0 Å². The fourth-order valence-electron chi connectivity index (χ4n) is 9.64. The molecule has 16 unspecified atom stereocenters. The van der Waals surface area contributed by atoms with Gasteiger partial charge in [-0.1, -0.05) is 68.2 Å². The van der Waals surface area contributed by atoms with Crippen LogP contribution in [-0.2, 0) is 0 Å². The van der Waals surface area contributed by atoms with Crippen LogP contribution < -0.4 is 21.3 Å². The van der Waals surface area contributed by atoms with Crippen LogP contribution >= 0.6 is 0 Å². The van der Waals surface area contributed by atoms with Gasteiger partial charge in [-0.25, -0.2) is 0 Å². The SMILES string of the molecule is CCC1C2CC3NC(CC4NC(CC5NC(CC(N2)C1C)C(C)C5C)C(CC)C4C)C(C)C3C. The molecule has 0 spiro atoms. The maximum atomic E-state index is 4.22. The lowest BCUT2D eigenvalue weighted by atomic mass is 9.78. The summed E-state index contributed by atoms with van der Waals surface area (Å²) in [5.74, 6) is 6.26. The van der Waals surface area contributed by atoms with E-state index in [1.54, 1.807) is 0 Å². The molecule has 5 heterocycles. The van der Waals surface area contributed by atoms with Gasteiger partial charge in [-0.3, -0.25) is 0 Å². The standard InChI is InChI=1S/C30H56N4/c1-9-21-19(7)27-11-23-16(4)18(6)26(32-23)14-30-22(10-2)20(8)28(34-30)12-24-15(3)17(5)25(31-24)13-29(21)33-27/h15-34H,9-14H2,1-8H3. The Balaban J connectivity index is 1.43. The maximum absolute atomic E-state index is 4.22. The Morgan fingerprint density at radius 1 is 0.382 bits per heavy atom. The lowest BCUT2D eigenvalue weighted by Gasteiger charge is -2.27. The van der Waals surface area contributed by atoms with E-state index in [1.165, 1.54) is 38.5 Å². The first-order valence-corrected chi connectivity index (χ1v) is 15.3. The van der Waals surface area contributed by atoms with Gasteiger partial charge in [0.2, 0.25) is 0 Å². The summed E-state index contributed by atoms with van der Waals surface area (Å²) in [5.41, 5.74) is 0. The summed E-state index contributed by atoms with van der Waals surface area (Å²) < 4.78 is 0. The Morgan fingerprint density at radius 2 is 0.618 bits per heavy atom. The maximum Gasteiger partial charge on any atom is 0.0116 e. The molecule has 4 N–H and O–H groups in total. The van der Waals surface area contributed by atoms with Gasteiger partial charge < -0.3 is 21.3 Å². The molecule has 5 rings (SSSR count). The first kappa shape index (κ1) is 25.5. The summed E-state index contributed by atoms with van der Waals surface area (Å²) >= 11 is 0. The molecule has 196 valence electrons.